The van der Waals surface area contributed by atoms with Crippen LogP contribution in [0.5, 0.6) is 0 Å². The third-order valence-electron chi connectivity index (χ3n) is 1.60. The van der Waals surface area contributed by atoms with E-state index in [1.54, 1.807) is 4.46 Å². The number of benzene rings is 1. The van der Waals surface area contributed by atoms with Crippen molar-refractivity contribution in [3.63, 3.8) is 0 Å². The molecule has 0 unspecified atom stereocenters. The Balaban J connectivity index is 2.47. The molecule has 0 fully saturated rings. The predicted molar refractivity (Wildman–Crippen MR) is 44.7 cm³/mol. The van der Waals surface area contributed by atoms with Crippen molar-refractivity contribution in [1.29, 1.82) is 0 Å². The van der Waals surface area contributed by atoms with Crippen molar-refractivity contribution in [2.75, 3.05) is 0 Å². The van der Waals surface area contributed by atoms with Crippen LogP contribution >= 0.6 is 0 Å². The van der Waals surface area contributed by atoms with Gasteiger partial charge in [-0.3, -0.25) is 0 Å². The van der Waals surface area contributed by atoms with Gasteiger partial charge in [-0.05, 0) is 0 Å². The SMILES string of the molecule is C1=C[Se]c2ccccc2C1. The molecule has 1 aromatic carbocycles. The molecule has 0 saturated carbocycles. The first-order chi connectivity index (χ1) is 4.97. The van der Waals surface area contributed by atoms with Gasteiger partial charge in [-0.25, -0.2) is 0 Å². The van der Waals surface area contributed by atoms with Gasteiger partial charge in [0.2, 0.25) is 0 Å². The van der Waals surface area contributed by atoms with Crippen LogP contribution in [0.4, 0.5) is 0 Å². The Morgan fingerprint density at radius 3 is 3.00 bits per heavy atom. The van der Waals surface area contributed by atoms with E-state index in [4.69, 9.17) is 0 Å². The van der Waals surface area contributed by atoms with E-state index in [1.165, 1.54) is 5.56 Å². The van der Waals surface area contributed by atoms with Crippen LogP contribution < -0.4 is 4.46 Å². The summed E-state index contributed by atoms with van der Waals surface area (Å²) in [6.45, 7) is 0. The molecule has 1 aromatic rings. The number of allylic oxidation sites excluding steroid dienone is 1. The molecule has 10 heavy (non-hydrogen) atoms. The van der Waals surface area contributed by atoms with Crippen molar-refractivity contribution in [3.8, 4) is 0 Å². The zero-order chi connectivity index (χ0) is 6.81. The third-order valence-corrected chi connectivity index (χ3v) is 3.66. The summed E-state index contributed by atoms with van der Waals surface area (Å²) >= 11 is 0.606. The fourth-order valence-electron chi connectivity index (χ4n) is 1.08. The van der Waals surface area contributed by atoms with E-state index in [-0.39, 0.29) is 0 Å². The number of hydrogen-bond donors (Lipinski definition) is 0. The van der Waals surface area contributed by atoms with Gasteiger partial charge in [-0.15, -0.1) is 0 Å². The number of hydrogen-bond acceptors (Lipinski definition) is 0. The van der Waals surface area contributed by atoms with Crippen molar-refractivity contribution in [1.82, 2.24) is 0 Å². The Morgan fingerprint density at radius 2 is 2.10 bits per heavy atom. The number of rotatable bonds is 0. The van der Waals surface area contributed by atoms with E-state index in [9.17, 15) is 0 Å². The standard InChI is InChI=1S/C9H8Se/c1-2-6-9-8(4-1)5-3-7-10-9/h1-4,6-7H,5H2. The van der Waals surface area contributed by atoms with Crippen molar-refractivity contribution in [3.05, 3.63) is 40.9 Å². The molecule has 0 saturated heterocycles. The topological polar surface area (TPSA) is 0 Å². The molecule has 0 spiro atoms. The summed E-state index contributed by atoms with van der Waals surface area (Å²) in [5.41, 5.74) is 1.52. The summed E-state index contributed by atoms with van der Waals surface area (Å²) in [6, 6.07) is 8.70. The van der Waals surface area contributed by atoms with Gasteiger partial charge in [-0.2, -0.15) is 0 Å². The Bertz CT molecular complexity index is 236. The molecule has 0 nitrogen and oxygen atoms in total. The minimum atomic E-state index is 0.606. The molecular weight excluding hydrogens is 187 g/mol. The van der Waals surface area contributed by atoms with Crippen LogP contribution in [0, 0.1) is 0 Å². The summed E-state index contributed by atoms with van der Waals surface area (Å²) < 4.78 is 1.55. The van der Waals surface area contributed by atoms with Gasteiger partial charge in [-0.1, -0.05) is 0 Å². The molecule has 50 valence electrons. The second kappa shape index (κ2) is 2.61. The summed E-state index contributed by atoms with van der Waals surface area (Å²) in [6.07, 6.45) is 3.40. The van der Waals surface area contributed by atoms with E-state index in [2.05, 4.69) is 35.3 Å². The fraction of sp³-hybridized carbons (Fsp3) is 0.111. The molecule has 1 aliphatic rings. The molecule has 0 N–H and O–H groups in total. The van der Waals surface area contributed by atoms with Crippen LogP contribution in [0.2, 0.25) is 0 Å². The summed E-state index contributed by atoms with van der Waals surface area (Å²) in [5.74, 6) is 0. The van der Waals surface area contributed by atoms with E-state index >= 15 is 0 Å². The summed E-state index contributed by atoms with van der Waals surface area (Å²) in [4.78, 5) is 2.30. The van der Waals surface area contributed by atoms with Gasteiger partial charge in [0.15, 0.2) is 0 Å². The maximum atomic E-state index is 2.30. The third kappa shape index (κ3) is 1.03. The van der Waals surface area contributed by atoms with Crippen LogP contribution in [-0.4, -0.2) is 15.0 Å². The van der Waals surface area contributed by atoms with Gasteiger partial charge >= 0.3 is 66.7 Å². The maximum absolute atomic E-state index is 2.30. The molecule has 0 aromatic heterocycles. The quantitative estimate of drug-likeness (QED) is 0.543. The zero-order valence-corrected chi connectivity index (χ0v) is 7.29. The summed E-state index contributed by atoms with van der Waals surface area (Å²) in [7, 11) is 0. The van der Waals surface area contributed by atoms with Crippen LogP contribution in [0.1, 0.15) is 5.56 Å². The number of fused-ring (bicyclic) bond motifs is 1. The van der Waals surface area contributed by atoms with Gasteiger partial charge in [0.1, 0.15) is 0 Å². The molecular formula is C9H8Se. The van der Waals surface area contributed by atoms with E-state index in [0.717, 1.165) is 6.42 Å². The first kappa shape index (κ1) is 6.21. The Hall–Kier alpha value is -0.521. The van der Waals surface area contributed by atoms with Crippen molar-refractivity contribution >= 4 is 19.4 Å². The normalized spacial score (nSPS) is 14.8. The van der Waals surface area contributed by atoms with Crippen LogP contribution in [-0.2, 0) is 6.42 Å². The fourth-order valence-corrected chi connectivity index (χ4v) is 2.76. The first-order valence-electron chi connectivity index (χ1n) is 3.36. The second-order valence-corrected chi connectivity index (χ2v) is 4.29. The van der Waals surface area contributed by atoms with Crippen LogP contribution in [0.15, 0.2) is 35.3 Å². The minimum absolute atomic E-state index is 0.606. The zero-order valence-electron chi connectivity index (χ0n) is 5.58. The Labute approximate surface area is 67.1 Å². The molecule has 1 aliphatic heterocycles. The van der Waals surface area contributed by atoms with Crippen molar-refractivity contribution in [2.24, 2.45) is 0 Å². The molecule has 0 bridgehead atoms. The summed E-state index contributed by atoms with van der Waals surface area (Å²) in [5, 5.41) is 0. The monoisotopic (exact) mass is 196 g/mol. The molecule has 0 aliphatic carbocycles. The molecule has 1 heteroatoms. The van der Waals surface area contributed by atoms with E-state index in [0.29, 0.717) is 15.0 Å². The molecule has 0 radical (unpaired) electrons. The van der Waals surface area contributed by atoms with Gasteiger partial charge in [0, 0.05) is 0 Å². The predicted octanol–water partition coefficient (Wildman–Crippen LogP) is 1.09. The molecule has 2 rings (SSSR count). The van der Waals surface area contributed by atoms with E-state index < -0.39 is 0 Å². The van der Waals surface area contributed by atoms with Crippen LogP contribution in [0.3, 0.4) is 0 Å². The van der Waals surface area contributed by atoms with Crippen LogP contribution in [0.25, 0.3) is 0 Å². The molecule has 0 amide bonds. The average Bonchev–Trinajstić information content (AvgIpc) is 2.05. The van der Waals surface area contributed by atoms with Gasteiger partial charge in [0.25, 0.3) is 0 Å². The average molecular weight is 195 g/mol. The van der Waals surface area contributed by atoms with Gasteiger partial charge in [0.05, 0.1) is 0 Å². The van der Waals surface area contributed by atoms with Crippen molar-refractivity contribution in [2.45, 2.75) is 6.42 Å². The molecule has 0 atom stereocenters. The van der Waals surface area contributed by atoms with E-state index in [1.807, 2.05) is 0 Å². The van der Waals surface area contributed by atoms with Crippen molar-refractivity contribution < 1.29 is 0 Å². The van der Waals surface area contributed by atoms with Gasteiger partial charge < -0.3 is 0 Å². The Morgan fingerprint density at radius 1 is 1.20 bits per heavy atom. The Kier molecular flexibility index (Phi) is 1.62. The first-order valence-corrected chi connectivity index (χ1v) is 5.21. The molecule has 1 heterocycles. The second-order valence-electron chi connectivity index (χ2n) is 2.30.